The second-order valence-electron chi connectivity index (χ2n) is 8.05. The van der Waals surface area contributed by atoms with Gasteiger partial charge in [-0.3, -0.25) is 4.79 Å². The molecule has 106 valence electrons. The molecule has 0 radical (unpaired) electrons. The number of carbonyl (C=O) groups is 1. The SMILES string of the molecule is CC(=O)OC(=C(C(C)(C)C)C(C)(C)C)[Si](C)(C)C. The zero-order valence-electron chi connectivity index (χ0n) is 13.8. The van der Waals surface area contributed by atoms with Crippen molar-refractivity contribution >= 4 is 14.0 Å². The van der Waals surface area contributed by atoms with E-state index in [0.29, 0.717) is 0 Å². The van der Waals surface area contributed by atoms with Crippen LogP contribution >= 0.6 is 0 Å². The molecule has 0 aromatic heterocycles. The number of ether oxygens (including phenoxy) is 1. The highest BCUT2D eigenvalue weighted by Crippen LogP contribution is 2.43. The van der Waals surface area contributed by atoms with Crippen LogP contribution in [0.1, 0.15) is 48.5 Å². The quantitative estimate of drug-likeness (QED) is 0.410. The number of allylic oxidation sites excluding steroid dienone is 1. The van der Waals surface area contributed by atoms with Crippen LogP contribution in [-0.2, 0) is 9.53 Å². The fraction of sp³-hybridized carbons (Fsp3) is 0.800. The van der Waals surface area contributed by atoms with E-state index >= 15 is 0 Å². The lowest BCUT2D eigenvalue weighted by Crippen LogP contribution is -2.35. The molecule has 0 N–H and O–H groups in total. The van der Waals surface area contributed by atoms with E-state index in [-0.39, 0.29) is 16.8 Å². The molecule has 0 fully saturated rings. The topological polar surface area (TPSA) is 26.3 Å². The first-order valence-corrected chi connectivity index (χ1v) is 10.1. The van der Waals surface area contributed by atoms with Crippen LogP contribution in [0.15, 0.2) is 11.0 Å². The standard InChI is InChI=1S/C15H30O2Si/c1-11(16)17-13(18(8,9)10)12(14(2,3)4)15(5,6)7/h1-10H3. The first kappa shape index (κ1) is 17.4. The first-order chi connectivity index (χ1) is 7.67. The number of rotatable bonds is 2. The van der Waals surface area contributed by atoms with Crippen molar-refractivity contribution in [2.24, 2.45) is 10.8 Å². The average Bonchev–Trinajstić information content (AvgIpc) is 1.93. The molecule has 0 heterocycles. The Morgan fingerprint density at radius 3 is 1.39 bits per heavy atom. The number of carbonyl (C=O) groups excluding carboxylic acids is 1. The molecule has 0 rings (SSSR count). The summed E-state index contributed by atoms with van der Waals surface area (Å²) in [6, 6.07) is 0. The third kappa shape index (κ3) is 4.97. The van der Waals surface area contributed by atoms with Crippen molar-refractivity contribution in [3.05, 3.63) is 11.0 Å². The number of esters is 1. The fourth-order valence-electron chi connectivity index (χ4n) is 2.53. The van der Waals surface area contributed by atoms with Gasteiger partial charge in [-0.2, -0.15) is 0 Å². The molecule has 0 amide bonds. The van der Waals surface area contributed by atoms with Gasteiger partial charge in [-0.25, -0.2) is 0 Å². The van der Waals surface area contributed by atoms with E-state index < -0.39 is 8.07 Å². The Morgan fingerprint density at radius 1 is 0.889 bits per heavy atom. The minimum atomic E-state index is -1.70. The van der Waals surface area contributed by atoms with Crippen molar-refractivity contribution < 1.29 is 9.53 Å². The highest BCUT2D eigenvalue weighted by molar-refractivity contribution is 6.82. The van der Waals surface area contributed by atoms with Crippen molar-refractivity contribution in [3.63, 3.8) is 0 Å². The summed E-state index contributed by atoms with van der Waals surface area (Å²) in [5, 5.41) is 0.954. The molecule has 0 saturated carbocycles. The summed E-state index contributed by atoms with van der Waals surface area (Å²) in [5.74, 6) is -0.210. The smallest absolute Gasteiger partial charge is 0.307 e. The molecule has 0 spiro atoms. The Balaban J connectivity index is 6.13. The zero-order valence-corrected chi connectivity index (χ0v) is 14.8. The summed E-state index contributed by atoms with van der Waals surface area (Å²) >= 11 is 0. The third-order valence-electron chi connectivity index (χ3n) is 2.65. The van der Waals surface area contributed by atoms with Gasteiger partial charge in [0, 0.05) is 6.92 Å². The molecule has 3 heteroatoms. The maximum Gasteiger partial charge on any atom is 0.307 e. The molecule has 0 aliphatic rings. The van der Waals surface area contributed by atoms with Gasteiger partial charge in [0.25, 0.3) is 0 Å². The van der Waals surface area contributed by atoms with Crippen LogP contribution in [0.4, 0.5) is 0 Å². The Bertz CT molecular complexity index is 330. The predicted octanol–water partition coefficient (Wildman–Crippen LogP) is 4.77. The lowest BCUT2D eigenvalue weighted by Gasteiger charge is -2.38. The summed E-state index contributed by atoms with van der Waals surface area (Å²) in [4.78, 5) is 11.4. The highest BCUT2D eigenvalue weighted by atomic mass is 28.3. The molecular formula is C15H30O2Si. The molecule has 0 saturated heterocycles. The van der Waals surface area contributed by atoms with Gasteiger partial charge in [0.15, 0.2) is 0 Å². The Morgan fingerprint density at radius 2 is 1.22 bits per heavy atom. The van der Waals surface area contributed by atoms with Gasteiger partial charge in [0.1, 0.15) is 8.07 Å². The van der Waals surface area contributed by atoms with E-state index in [1.165, 1.54) is 12.5 Å². The van der Waals surface area contributed by atoms with Gasteiger partial charge in [0.05, 0.1) is 5.38 Å². The predicted molar refractivity (Wildman–Crippen MR) is 81.0 cm³/mol. The molecule has 0 aromatic rings. The molecular weight excluding hydrogens is 240 g/mol. The van der Waals surface area contributed by atoms with Crippen molar-refractivity contribution in [3.8, 4) is 0 Å². The van der Waals surface area contributed by atoms with Crippen LogP contribution in [0.25, 0.3) is 0 Å². The number of hydrogen-bond donors (Lipinski definition) is 0. The van der Waals surface area contributed by atoms with Crippen LogP contribution in [0.3, 0.4) is 0 Å². The normalized spacial score (nSPS) is 13.2. The Labute approximate surface area is 114 Å². The lowest BCUT2D eigenvalue weighted by atomic mass is 9.72. The first-order valence-electron chi connectivity index (χ1n) is 6.61. The van der Waals surface area contributed by atoms with Crippen LogP contribution in [0, 0.1) is 10.8 Å². The van der Waals surface area contributed by atoms with E-state index in [1.54, 1.807) is 0 Å². The van der Waals surface area contributed by atoms with E-state index in [0.717, 1.165) is 5.38 Å². The number of hydrogen-bond acceptors (Lipinski definition) is 2. The maximum atomic E-state index is 11.4. The monoisotopic (exact) mass is 270 g/mol. The van der Waals surface area contributed by atoms with Gasteiger partial charge < -0.3 is 4.74 Å². The minimum absolute atomic E-state index is 0.00329. The van der Waals surface area contributed by atoms with E-state index in [1.807, 2.05) is 0 Å². The van der Waals surface area contributed by atoms with E-state index in [4.69, 9.17) is 4.74 Å². The summed E-state index contributed by atoms with van der Waals surface area (Å²) in [6.45, 7) is 21.3. The van der Waals surface area contributed by atoms with Crippen LogP contribution in [0.5, 0.6) is 0 Å². The summed E-state index contributed by atoms with van der Waals surface area (Å²) in [5.41, 5.74) is 1.27. The Hall–Kier alpha value is -0.573. The van der Waals surface area contributed by atoms with Crippen molar-refractivity contribution in [1.82, 2.24) is 0 Å². The van der Waals surface area contributed by atoms with E-state index in [9.17, 15) is 4.79 Å². The van der Waals surface area contributed by atoms with Gasteiger partial charge in [-0.1, -0.05) is 61.2 Å². The second kappa shape index (κ2) is 5.20. The second-order valence-corrected chi connectivity index (χ2v) is 13.0. The molecule has 2 nitrogen and oxygen atoms in total. The van der Waals surface area contributed by atoms with Gasteiger partial charge in [-0.05, 0) is 16.4 Å². The molecule has 18 heavy (non-hydrogen) atoms. The van der Waals surface area contributed by atoms with Crippen molar-refractivity contribution in [2.75, 3.05) is 0 Å². The summed E-state index contributed by atoms with van der Waals surface area (Å²) in [6.07, 6.45) is 0. The van der Waals surface area contributed by atoms with Crippen LogP contribution in [0.2, 0.25) is 19.6 Å². The minimum Gasteiger partial charge on any atom is -0.437 e. The fourth-order valence-corrected chi connectivity index (χ4v) is 4.48. The lowest BCUT2D eigenvalue weighted by molar-refractivity contribution is -0.136. The van der Waals surface area contributed by atoms with E-state index in [2.05, 4.69) is 61.2 Å². The molecule has 0 aromatic carbocycles. The zero-order chi connectivity index (χ0) is 14.9. The Kier molecular flexibility index (Phi) is 5.03. The molecule has 0 atom stereocenters. The average molecular weight is 270 g/mol. The maximum absolute atomic E-state index is 11.4. The van der Waals surface area contributed by atoms with Crippen LogP contribution in [-0.4, -0.2) is 14.0 Å². The molecule has 0 aliphatic heterocycles. The summed E-state index contributed by atoms with van der Waals surface area (Å²) in [7, 11) is -1.70. The van der Waals surface area contributed by atoms with Gasteiger partial charge >= 0.3 is 5.97 Å². The summed E-state index contributed by atoms with van der Waals surface area (Å²) < 4.78 is 5.63. The molecule has 0 bridgehead atoms. The molecule has 0 aliphatic carbocycles. The molecule has 0 unspecified atom stereocenters. The van der Waals surface area contributed by atoms with Gasteiger partial charge in [-0.15, -0.1) is 0 Å². The van der Waals surface area contributed by atoms with Crippen molar-refractivity contribution in [1.29, 1.82) is 0 Å². The largest absolute Gasteiger partial charge is 0.437 e. The van der Waals surface area contributed by atoms with Crippen molar-refractivity contribution in [2.45, 2.75) is 68.1 Å². The highest BCUT2D eigenvalue weighted by Gasteiger charge is 2.37. The third-order valence-corrected chi connectivity index (χ3v) is 4.37. The van der Waals surface area contributed by atoms with Gasteiger partial charge in [0.2, 0.25) is 0 Å². The van der Waals surface area contributed by atoms with Crippen LogP contribution < -0.4 is 0 Å².